The van der Waals surface area contributed by atoms with Crippen molar-refractivity contribution in [2.45, 2.75) is 0 Å². The largest absolute Gasteiger partial charge is 0.543 e. The van der Waals surface area contributed by atoms with E-state index >= 15 is 0 Å². The van der Waals surface area contributed by atoms with Gasteiger partial charge in [0.15, 0.2) is 11.5 Å². The molecule has 0 saturated heterocycles. The standard InChI is InChI=1S/C18H16N2O7/c1-26-15-7-6-11(9-16(15)27-2)8-14(18(22)23)19-17(21)12-4-3-5-13(10-12)20(24)25/h3-10H,1-2H3,(H,19,21)(H,22,23)/p-1/b14-8+. The van der Waals surface area contributed by atoms with Crippen molar-refractivity contribution in [3.05, 3.63) is 69.4 Å². The summed E-state index contributed by atoms with van der Waals surface area (Å²) in [6.07, 6.45) is 1.17. The number of carbonyl (C=O) groups excluding carboxylic acids is 2. The second kappa shape index (κ2) is 8.48. The quantitative estimate of drug-likeness (QED) is 0.438. The molecule has 9 nitrogen and oxygen atoms in total. The van der Waals surface area contributed by atoms with Crippen LogP contribution < -0.4 is 19.9 Å². The maximum Gasteiger partial charge on any atom is 0.270 e. The van der Waals surface area contributed by atoms with E-state index in [0.29, 0.717) is 17.1 Å². The first kappa shape index (κ1) is 19.4. The summed E-state index contributed by atoms with van der Waals surface area (Å²) in [5.41, 5.74) is -0.463. The molecule has 0 fully saturated rings. The summed E-state index contributed by atoms with van der Waals surface area (Å²) in [6, 6.07) is 9.55. The molecule has 0 atom stereocenters. The van der Waals surface area contributed by atoms with Crippen LogP contribution in [0.15, 0.2) is 48.2 Å². The summed E-state index contributed by atoms with van der Waals surface area (Å²) >= 11 is 0. The van der Waals surface area contributed by atoms with Gasteiger partial charge in [0, 0.05) is 17.7 Å². The van der Waals surface area contributed by atoms with Gasteiger partial charge in [0.2, 0.25) is 0 Å². The van der Waals surface area contributed by atoms with Crippen LogP contribution in [0.2, 0.25) is 0 Å². The molecule has 2 aromatic rings. The zero-order valence-electron chi connectivity index (χ0n) is 14.4. The Morgan fingerprint density at radius 2 is 1.78 bits per heavy atom. The Morgan fingerprint density at radius 1 is 1.07 bits per heavy atom. The number of nitrogens with zero attached hydrogens (tertiary/aromatic N) is 1. The molecule has 0 aliphatic heterocycles. The number of ether oxygens (including phenoxy) is 2. The predicted molar refractivity (Wildman–Crippen MR) is 93.1 cm³/mol. The molecule has 0 radical (unpaired) electrons. The molecule has 1 amide bonds. The molecule has 0 aromatic heterocycles. The van der Waals surface area contributed by atoms with Crippen LogP contribution in [0, 0.1) is 10.1 Å². The van der Waals surface area contributed by atoms with Crippen molar-refractivity contribution in [2.24, 2.45) is 0 Å². The van der Waals surface area contributed by atoms with Gasteiger partial charge >= 0.3 is 0 Å². The molecule has 2 rings (SSSR count). The van der Waals surface area contributed by atoms with Crippen LogP contribution in [0.25, 0.3) is 6.08 Å². The highest BCUT2D eigenvalue weighted by Gasteiger charge is 2.13. The molecule has 27 heavy (non-hydrogen) atoms. The highest BCUT2D eigenvalue weighted by molar-refractivity contribution is 6.02. The van der Waals surface area contributed by atoms with Gasteiger partial charge in [-0.2, -0.15) is 0 Å². The number of non-ortho nitro benzene ring substituents is 1. The van der Waals surface area contributed by atoms with Crippen molar-refractivity contribution < 1.29 is 29.1 Å². The lowest BCUT2D eigenvalue weighted by Gasteiger charge is -2.12. The fourth-order valence-corrected chi connectivity index (χ4v) is 2.21. The zero-order valence-corrected chi connectivity index (χ0v) is 14.4. The van der Waals surface area contributed by atoms with E-state index in [9.17, 15) is 24.8 Å². The molecule has 0 aliphatic carbocycles. The van der Waals surface area contributed by atoms with E-state index in [0.717, 1.165) is 6.07 Å². The molecule has 0 bridgehead atoms. The molecule has 140 valence electrons. The smallest absolute Gasteiger partial charge is 0.270 e. The molecule has 0 heterocycles. The van der Waals surface area contributed by atoms with Crippen LogP contribution in [-0.4, -0.2) is 31.0 Å². The summed E-state index contributed by atoms with van der Waals surface area (Å²) < 4.78 is 10.2. The topological polar surface area (TPSA) is 131 Å². The molecule has 0 saturated carbocycles. The first-order valence-electron chi connectivity index (χ1n) is 7.56. The van der Waals surface area contributed by atoms with Gasteiger partial charge in [0.1, 0.15) is 0 Å². The minimum atomic E-state index is -1.62. The molecule has 9 heteroatoms. The maximum atomic E-state index is 12.2. The van der Waals surface area contributed by atoms with Crippen LogP contribution in [0.4, 0.5) is 5.69 Å². The number of nitro groups is 1. The molecule has 0 spiro atoms. The van der Waals surface area contributed by atoms with E-state index in [1.165, 1.54) is 44.6 Å². The van der Waals surface area contributed by atoms with Gasteiger partial charge in [-0.25, -0.2) is 0 Å². The molecule has 0 aliphatic rings. The van der Waals surface area contributed by atoms with Crippen LogP contribution in [0.1, 0.15) is 15.9 Å². The third kappa shape index (κ3) is 4.82. The average molecular weight is 371 g/mol. The predicted octanol–water partition coefficient (Wildman–Crippen LogP) is 1.13. The zero-order chi connectivity index (χ0) is 20.0. The monoisotopic (exact) mass is 371 g/mol. The van der Waals surface area contributed by atoms with E-state index in [1.807, 2.05) is 0 Å². The van der Waals surface area contributed by atoms with Gasteiger partial charge in [0.25, 0.3) is 11.6 Å². The van der Waals surface area contributed by atoms with Crippen molar-refractivity contribution >= 4 is 23.6 Å². The number of hydrogen-bond acceptors (Lipinski definition) is 7. The van der Waals surface area contributed by atoms with Crippen molar-refractivity contribution in [3.8, 4) is 11.5 Å². The van der Waals surface area contributed by atoms with Gasteiger partial charge in [-0.05, 0) is 29.8 Å². The Hall–Kier alpha value is -3.88. The minimum Gasteiger partial charge on any atom is -0.543 e. The number of rotatable bonds is 7. The number of carboxylic acids is 1. The van der Waals surface area contributed by atoms with Gasteiger partial charge in [-0.3, -0.25) is 14.9 Å². The van der Waals surface area contributed by atoms with E-state index in [2.05, 4.69) is 5.32 Å². The Morgan fingerprint density at radius 3 is 2.37 bits per heavy atom. The number of hydrogen-bond donors (Lipinski definition) is 1. The number of benzene rings is 2. The molecule has 0 unspecified atom stereocenters. The number of amides is 1. The maximum absolute atomic E-state index is 12.2. The van der Waals surface area contributed by atoms with Crippen LogP contribution in [0.5, 0.6) is 11.5 Å². The summed E-state index contributed by atoms with van der Waals surface area (Å²) in [5.74, 6) is -1.63. The normalized spacial score (nSPS) is 10.8. The molecule has 1 N–H and O–H groups in total. The van der Waals surface area contributed by atoms with E-state index < -0.39 is 22.5 Å². The lowest BCUT2D eigenvalue weighted by atomic mass is 10.1. The number of carbonyl (C=O) groups is 2. The van der Waals surface area contributed by atoms with Gasteiger partial charge in [-0.15, -0.1) is 0 Å². The first-order valence-corrected chi connectivity index (χ1v) is 7.56. The second-order valence-corrected chi connectivity index (χ2v) is 5.22. The number of nitrogens with one attached hydrogen (secondary N) is 1. The molecule has 2 aromatic carbocycles. The summed E-state index contributed by atoms with van der Waals surface area (Å²) in [4.78, 5) is 33.7. The van der Waals surface area contributed by atoms with Crippen molar-refractivity contribution in [1.29, 1.82) is 0 Å². The highest BCUT2D eigenvalue weighted by atomic mass is 16.6. The summed E-state index contributed by atoms with van der Waals surface area (Å²) in [5, 5.41) is 24.3. The number of aliphatic carboxylic acids is 1. The van der Waals surface area contributed by atoms with Gasteiger partial charge in [0.05, 0.1) is 30.8 Å². The van der Waals surface area contributed by atoms with Crippen LogP contribution in [0.3, 0.4) is 0 Å². The second-order valence-electron chi connectivity index (χ2n) is 5.22. The fraction of sp³-hybridized carbons (Fsp3) is 0.111. The van der Waals surface area contributed by atoms with Gasteiger partial charge < -0.3 is 24.7 Å². The van der Waals surface area contributed by atoms with E-state index in [4.69, 9.17) is 9.47 Å². The third-order valence-electron chi connectivity index (χ3n) is 3.51. The number of nitro benzene ring substituents is 1. The molecular formula is C18H15N2O7-. The number of methoxy groups -OCH3 is 2. The first-order chi connectivity index (χ1) is 12.8. The Bertz CT molecular complexity index is 922. The Kier molecular flexibility index (Phi) is 6.10. The Labute approximate surface area is 154 Å². The van der Waals surface area contributed by atoms with E-state index in [1.54, 1.807) is 12.1 Å². The Balaban J connectivity index is 2.31. The lowest BCUT2D eigenvalue weighted by molar-refractivity contribution is -0.384. The highest BCUT2D eigenvalue weighted by Crippen LogP contribution is 2.28. The van der Waals surface area contributed by atoms with Gasteiger partial charge in [-0.1, -0.05) is 12.1 Å². The SMILES string of the molecule is COc1ccc(/C=C(/NC(=O)c2cccc([N+](=O)[O-])c2)C(=O)[O-])cc1OC. The summed E-state index contributed by atoms with van der Waals surface area (Å²) in [6.45, 7) is 0. The summed E-state index contributed by atoms with van der Waals surface area (Å²) in [7, 11) is 2.88. The van der Waals surface area contributed by atoms with E-state index in [-0.39, 0.29) is 11.3 Å². The number of carboxylic acid groups (broad SMARTS) is 1. The van der Waals surface area contributed by atoms with Crippen molar-refractivity contribution in [3.63, 3.8) is 0 Å². The van der Waals surface area contributed by atoms with Crippen molar-refractivity contribution in [2.75, 3.05) is 14.2 Å². The molecular weight excluding hydrogens is 356 g/mol. The van der Waals surface area contributed by atoms with Crippen LogP contribution >= 0.6 is 0 Å². The average Bonchev–Trinajstić information content (AvgIpc) is 2.67. The lowest BCUT2D eigenvalue weighted by Crippen LogP contribution is -2.35. The van der Waals surface area contributed by atoms with Crippen LogP contribution in [-0.2, 0) is 4.79 Å². The third-order valence-corrected chi connectivity index (χ3v) is 3.51. The van der Waals surface area contributed by atoms with Crippen molar-refractivity contribution in [1.82, 2.24) is 5.32 Å². The minimum absolute atomic E-state index is 0.0661. The fourth-order valence-electron chi connectivity index (χ4n) is 2.21.